The predicted molar refractivity (Wildman–Crippen MR) is 71.1 cm³/mol. The number of hydrogen-bond acceptors (Lipinski definition) is 4. The maximum Gasteiger partial charge on any atom is 0.159 e. The van der Waals surface area contributed by atoms with E-state index in [4.69, 9.17) is 4.74 Å². The van der Waals surface area contributed by atoms with Gasteiger partial charge in [0.1, 0.15) is 5.82 Å². The molecule has 1 fully saturated rings. The lowest BCUT2D eigenvalue weighted by Crippen LogP contribution is -2.32. The van der Waals surface area contributed by atoms with Crippen LogP contribution >= 0.6 is 0 Å². The van der Waals surface area contributed by atoms with Crippen molar-refractivity contribution in [1.29, 1.82) is 0 Å². The zero-order valence-corrected chi connectivity index (χ0v) is 11.1. The summed E-state index contributed by atoms with van der Waals surface area (Å²) in [5.41, 5.74) is 0.714. The monoisotopic (exact) mass is 248 g/mol. The molecule has 18 heavy (non-hydrogen) atoms. The molecule has 1 unspecified atom stereocenters. The predicted octanol–water partition coefficient (Wildman–Crippen LogP) is 2.29. The van der Waals surface area contributed by atoms with E-state index in [1.54, 1.807) is 19.2 Å². The molecule has 0 amide bonds. The largest absolute Gasteiger partial charge is 0.376 e. The third kappa shape index (κ3) is 3.07. The van der Waals surface area contributed by atoms with E-state index >= 15 is 0 Å². The Bertz CT molecular complexity index is 414. The fraction of sp³-hybridized carbons (Fsp3) is 0.571. The lowest BCUT2D eigenvalue weighted by molar-refractivity contribution is 0.101. The molecule has 2 heterocycles. The van der Waals surface area contributed by atoms with Gasteiger partial charge in [0, 0.05) is 31.5 Å². The fourth-order valence-electron chi connectivity index (χ4n) is 2.23. The Morgan fingerprint density at radius 3 is 3.06 bits per heavy atom. The van der Waals surface area contributed by atoms with Gasteiger partial charge in [-0.2, -0.15) is 0 Å². The van der Waals surface area contributed by atoms with Gasteiger partial charge >= 0.3 is 0 Å². The summed E-state index contributed by atoms with van der Waals surface area (Å²) in [5, 5.41) is 0. The zero-order chi connectivity index (χ0) is 13.0. The first-order valence-corrected chi connectivity index (χ1v) is 6.54. The molecule has 0 N–H and O–H groups in total. The molecule has 0 bridgehead atoms. The van der Waals surface area contributed by atoms with Crippen molar-refractivity contribution in [1.82, 2.24) is 4.98 Å². The maximum absolute atomic E-state index is 11.4. The number of aromatic nitrogens is 1. The highest BCUT2D eigenvalue weighted by Gasteiger charge is 2.19. The van der Waals surface area contributed by atoms with Gasteiger partial charge in [0.15, 0.2) is 5.78 Å². The third-order valence-electron chi connectivity index (χ3n) is 3.31. The number of rotatable bonds is 5. The Morgan fingerprint density at radius 2 is 2.44 bits per heavy atom. The van der Waals surface area contributed by atoms with Gasteiger partial charge in [-0.05, 0) is 38.8 Å². The minimum Gasteiger partial charge on any atom is -0.376 e. The number of likely N-dealkylation sites (N-methyl/N-ethyl adjacent to an activating group) is 1. The van der Waals surface area contributed by atoms with Crippen molar-refractivity contribution in [2.45, 2.75) is 32.8 Å². The van der Waals surface area contributed by atoms with Crippen LogP contribution in [0.4, 0.5) is 5.82 Å². The number of hydrogen-bond donors (Lipinski definition) is 0. The molecule has 0 radical (unpaired) electrons. The molecule has 4 nitrogen and oxygen atoms in total. The third-order valence-corrected chi connectivity index (χ3v) is 3.31. The van der Waals surface area contributed by atoms with Crippen LogP contribution < -0.4 is 4.90 Å². The van der Waals surface area contributed by atoms with Gasteiger partial charge < -0.3 is 9.64 Å². The Hall–Kier alpha value is -1.42. The number of ketones is 1. The Balaban J connectivity index is 2.10. The van der Waals surface area contributed by atoms with E-state index in [1.807, 2.05) is 6.07 Å². The quantitative estimate of drug-likeness (QED) is 0.750. The summed E-state index contributed by atoms with van der Waals surface area (Å²) in [6, 6.07) is 3.62. The van der Waals surface area contributed by atoms with E-state index in [0.29, 0.717) is 11.7 Å². The molecule has 98 valence electrons. The van der Waals surface area contributed by atoms with Gasteiger partial charge in [0.05, 0.1) is 6.10 Å². The Kier molecular flexibility index (Phi) is 4.31. The van der Waals surface area contributed by atoms with Crippen molar-refractivity contribution in [3.05, 3.63) is 23.9 Å². The van der Waals surface area contributed by atoms with Crippen LogP contribution in [-0.4, -0.2) is 36.6 Å². The molecule has 1 atom stereocenters. The molecule has 2 rings (SSSR count). The van der Waals surface area contributed by atoms with Crippen molar-refractivity contribution in [2.75, 3.05) is 24.6 Å². The summed E-state index contributed by atoms with van der Waals surface area (Å²) in [6.07, 6.45) is 4.25. The number of pyridine rings is 1. The lowest BCUT2D eigenvalue weighted by Gasteiger charge is -2.25. The highest BCUT2D eigenvalue weighted by atomic mass is 16.5. The minimum absolute atomic E-state index is 0.0758. The molecule has 0 saturated carbocycles. The average molecular weight is 248 g/mol. The van der Waals surface area contributed by atoms with Crippen molar-refractivity contribution in [2.24, 2.45) is 0 Å². The maximum atomic E-state index is 11.4. The van der Waals surface area contributed by atoms with Crippen LogP contribution in [0.3, 0.4) is 0 Å². The Labute approximate surface area is 108 Å². The van der Waals surface area contributed by atoms with Crippen molar-refractivity contribution in [3.63, 3.8) is 0 Å². The smallest absolute Gasteiger partial charge is 0.159 e. The van der Waals surface area contributed by atoms with E-state index in [9.17, 15) is 4.79 Å². The average Bonchev–Trinajstić information content (AvgIpc) is 2.89. The van der Waals surface area contributed by atoms with E-state index in [-0.39, 0.29) is 5.78 Å². The van der Waals surface area contributed by atoms with E-state index in [1.165, 1.54) is 0 Å². The van der Waals surface area contributed by atoms with Crippen LogP contribution in [0.2, 0.25) is 0 Å². The summed E-state index contributed by atoms with van der Waals surface area (Å²) in [7, 11) is 0. The van der Waals surface area contributed by atoms with Gasteiger partial charge in [-0.1, -0.05) is 0 Å². The van der Waals surface area contributed by atoms with Gasteiger partial charge in [-0.15, -0.1) is 0 Å². The first kappa shape index (κ1) is 13.0. The second-order valence-corrected chi connectivity index (χ2v) is 4.63. The lowest BCUT2D eigenvalue weighted by atomic mass is 10.2. The molecule has 0 aromatic carbocycles. The van der Waals surface area contributed by atoms with Crippen molar-refractivity contribution in [3.8, 4) is 0 Å². The number of anilines is 1. The molecule has 1 aliphatic rings. The van der Waals surface area contributed by atoms with Crippen LogP contribution in [-0.2, 0) is 4.74 Å². The molecule has 4 heteroatoms. The minimum atomic E-state index is 0.0758. The topological polar surface area (TPSA) is 42.4 Å². The van der Waals surface area contributed by atoms with Crippen molar-refractivity contribution < 1.29 is 9.53 Å². The van der Waals surface area contributed by atoms with Crippen molar-refractivity contribution >= 4 is 11.6 Å². The second-order valence-electron chi connectivity index (χ2n) is 4.63. The van der Waals surface area contributed by atoms with Crippen LogP contribution in [0, 0.1) is 0 Å². The van der Waals surface area contributed by atoms with Gasteiger partial charge in [-0.25, -0.2) is 4.98 Å². The number of nitrogens with zero attached hydrogens (tertiary/aromatic N) is 2. The van der Waals surface area contributed by atoms with Crippen LogP contribution in [0.5, 0.6) is 0 Å². The molecule has 1 saturated heterocycles. The number of carbonyl (C=O) groups excluding carboxylic acids is 1. The summed E-state index contributed by atoms with van der Waals surface area (Å²) in [4.78, 5) is 17.9. The standard InChI is InChI=1S/C14H20N2O2/c1-3-16(10-13-5-4-8-18-13)14-9-12(11(2)17)6-7-15-14/h6-7,9,13H,3-5,8,10H2,1-2H3. The first-order valence-electron chi connectivity index (χ1n) is 6.54. The van der Waals surface area contributed by atoms with Gasteiger partial charge in [0.2, 0.25) is 0 Å². The van der Waals surface area contributed by atoms with E-state index in [2.05, 4.69) is 16.8 Å². The molecule has 1 aliphatic heterocycles. The molecule has 0 spiro atoms. The van der Waals surface area contributed by atoms with Crippen LogP contribution in [0.1, 0.15) is 37.0 Å². The highest BCUT2D eigenvalue weighted by Crippen LogP contribution is 2.18. The molecule has 1 aromatic heterocycles. The van der Waals surface area contributed by atoms with E-state index in [0.717, 1.165) is 38.4 Å². The molecule has 1 aromatic rings. The summed E-state index contributed by atoms with van der Waals surface area (Å²) >= 11 is 0. The number of ether oxygens (including phenoxy) is 1. The highest BCUT2D eigenvalue weighted by molar-refractivity contribution is 5.94. The van der Waals surface area contributed by atoms with Crippen LogP contribution in [0.25, 0.3) is 0 Å². The van der Waals surface area contributed by atoms with Gasteiger partial charge in [-0.3, -0.25) is 4.79 Å². The fourth-order valence-corrected chi connectivity index (χ4v) is 2.23. The SMILES string of the molecule is CCN(CC1CCCO1)c1cc(C(C)=O)ccn1. The summed E-state index contributed by atoms with van der Waals surface area (Å²) < 4.78 is 5.65. The van der Waals surface area contributed by atoms with Crippen LogP contribution in [0.15, 0.2) is 18.3 Å². The van der Waals surface area contributed by atoms with E-state index < -0.39 is 0 Å². The molecular formula is C14H20N2O2. The second kappa shape index (κ2) is 5.96. The van der Waals surface area contributed by atoms with Gasteiger partial charge in [0.25, 0.3) is 0 Å². The normalized spacial score (nSPS) is 18.9. The zero-order valence-electron chi connectivity index (χ0n) is 11.1. The summed E-state index contributed by atoms with van der Waals surface area (Å²) in [6.45, 7) is 6.26. The summed E-state index contributed by atoms with van der Waals surface area (Å²) in [5.74, 6) is 0.938. The number of Topliss-reactive ketones (excluding diaryl/α,β-unsaturated/α-hetero) is 1. The number of carbonyl (C=O) groups is 1. The first-order chi connectivity index (χ1) is 8.70. The molecule has 0 aliphatic carbocycles. The Morgan fingerprint density at radius 1 is 1.61 bits per heavy atom. The molecular weight excluding hydrogens is 228 g/mol.